The molecule has 0 unspecified atom stereocenters. The fourth-order valence-electron chi connectivity index (χ4n) is 0.156. The zero-order chi connectivity index (χ0) is 5.86. The second-order valence-electron chi connectivity index (χ2n) is 1.35. The van der Waals surface area contributed by atoms with Crippen molar-refractivity contribution in [2.45, 2.75) is 6.92 Å². The quantitative estimate of drug-likeness (QED) is 0.459. The lowest BCUT2D eigenvalue weighted by atomic mass is 10.6. The van der Waals surface area contributed by atoms with Crippen molar-refractivity contribution >= 4 is 5.91 Å². The topological polar surface area (TPSA) is 20.3 Å². The minimum atomic E-state index is -0.373. The van der Waals surface area contributed by atoms with Crippen LogP contribution in [0.5, 0.6) is 0 Å². The van der Waals surface area contributed by atoms with Crippen LogP contribution in [0.1, 0.15) is 6.92 Å². The molecule has 7 heavy (non-hydrogen) atoms. The molecule has 0 bridgehead atoms. The van der Waals surface area contributed by atoms with E-state index in [1.807, 2.05) is 6.92 Å². The summed E-state index contributed by atoms with van der Waals surface area (Å²) in [6.07, 6.45) is 0. The lowest BCUT2D eigenvalue weighted by Crippen LogP contribution is -2.22. The van der Waals surface area contributed by atoms with Crippen LogP contribution in [0.2, 0.25) is 0 Å². The summed E-state index contributed by atoms with van der Waals surface area (Å²) >= 11 is 0. The number of amides is 1. The Bertz CT molecular complexity index is 70.5. The maximum atomic E-state index is 10.1. The highest BCUT2D eigenvalue weighted by atomic mass is 16.2. The van der Waals surface area contributed by atoms with Crippen molar-refractivity contribution in [2.75, 3.05) is 13.6 Å². The second-order valence-corrected chi connectivity index (χ2v) is 1.35. The van der Waals surface area contributed by atoms with Crippen molar-refractivity contribution in [2.24, 2.45) is 0 Å². The standard InChI is InChI=1S/C5H9NO/c1-4-6(3)5(2)7/h2H,4H2,1,3H3. The first-order valence-electron chi connectivity index (χ1n) is 2.19. The monoisotopic (exact) mass is 99.1 g/mol. The Hall–Kier alpha value is -0.530. The Labute approximate surface area is 44.1 Å². The maximum absolute atomic E-state index is 10.1. The van der Waals surface area contributed by atoms with Gasteiger partial charge in [-0.05, 0) is 6.92 Å². The van der Waals surface area contributed by atoms with Gasteiger partial charge >= 0.3 is 0 Å². The van der Waals surface area contributed by atoms with E-state index in [1.165, 1.54) is 4.90 Å². The molecule has 0 atom stereocenters. The predicted octanol–water partition coefficient (Wildman–Crippen LogP) is 0.176. The van der Waals surface area contributed by atoms with Gasteiger partial charge in [0.2, 0.25) is 5.91 Å². The number of hydrogen-bond acceptors (Lipinski definition) is 1. The van der Waals surface area contributed by atoms with Gasteiger partial charge in [-0.2, -0.15) is 0 Å². The molecular weight excluding hydrogens is 90.1 g/mol. The molecular formula is C5H9NO. The van der Waals surface area contributed by atoms with Crippen LogP contribution >= 0.6 is 0 Å². The highest BCUT2D eigenvalue weighted by Crippen LogP contribution is 1.77. The summed E-state index contributed by atoms with van der Waals surface area (Å²) < 4.78 is 0. The Balaban J connectivity index is 3.34. The summed E-state index contributed by atoms with van der Waals surface area (Å²) in [5.41, 5.74) is 0. The van der Waals surface area contributed by atoms with Gasteiger partial charge in [-0.25, -0.2) is 0 Å². The van der Waals surface area contributed by atoms with Crippen molar-refractivity contribution in [1.82, 2.24) is 4.90 Å². The maximum Gasteiger partial charge on any atom is 0.227 e. The normalized spacial score (nSPS) is 8.43. The third-order valence-electron chi connectivity index (χ3n) is 0.851. The van der Waals surface area contributed by atoms with Crippen molar-refractivity contribution in [3.63, 3.8) is 0 Å². The van der Waals surface area contributed by atoms with Crippen LogP contribution in [0.25, 0.3) is 0 Å². The van der Waals surface area contributed by atoms with Gasteiger partial charge in [-0.15, -0.1) is 0 Å². The second kappa shape index (κ2) is 2.61. The van der Waals surface area contributed by atoms with Crippen molar-refractivity contribution in [3.05, 3.63) is 6.92 Å². The molecule has 0 aromatic rings. The van der Waals surface area contributed by atoms with Gasteiger partial charge < -0.3 is 4.90 Å². The summed E-state index contributed by atoms with van der Waals surface area (Å²) in [4.78, 5) is 11.5. The molecule has 0 spiro atoms. The van der Waals surface area contributed by atoms with E-state index in [9.17, 15) is 4.79 Å². The van der Waals surface area contributed by atoms with Crippen LogP contribution in [-0.4, -0.2) is 24.4 Å². The number of nitrogens with zero attached hydrogens (tertiary/aromatic N) is 1. The highest BCUT2D eigenvalue weighted by molar-refractivity contribution is 5.79. The van der Waals surface area contributed by atoms with Gasteiger partial charge in [0.25, 0.3) is 0 Å². The SMILES string of the molecule is [CH]C(=O)N(C)CC. The third kappa shape index (κ3) is 2.20. The van der Waals surface area contributed by atoms with E-state index in [-0.39, 0.29) is 5.91 Å². The number of carbonyl (C=O) groups is 1. The molecule has 0 aromatic heterocycles. The average molecular weight is 99.1 g/mol. The van der Waals surface area contributed by atoms with Crippen LogP contribution in [0.15, 0.2) is 0 Å². The Kier molecular flexibility index (Phi) is 2.41. The molecule has 0 saturated carbocycles. The van der Waals surface area contributed by atoms with Crippen LogP contribution < -0.4 is 0 Å². The lowest BCUT2D eigenvalue weighted by molar-refractivity contribution is -0.124. The number of carbonyl (C=O) groups excluding carboxylic acids is 1. The van der Waals surface area contributed by atoms with Gasteiger partial charge in [-0.3, -0.25) is 4.79 Å². The molecule has 0 aromatic carbocycles. The zero-order valence-electron chi connectivity index (χ0n) is 4.64. The average Bonchev–Trinajstić information content (AvgIpc) is 1.65. The molecule has 2 nitrogen and oxygen atoms in total. The van der Waals surface area contributed by atoms with E-state index in [4.69, 9.17) is 6.92 Å². The minimum Gasteiger partial charge on any atom is -0.346 e. The van der Waals surface area contributed by atoms with Gasteiger partial charge in [0.15, 0.2) is 0 Å². The molecule has 0 aliphatic carbocycles. The molecule has 2 heteroatoms. The first-order chi connectivity index (χ1) is 3.18. The first-order valence-corrected chi connectivity index (χ1v) is 2.19. The Morgan fingerprint density at radius 2 is 2.29 bits per heavy atom. The summed E-state index contributed by atoms with van der Waals surface area (Å²) in [5, 5.41) is 0. The van der Waals surface area contributed by atoms with Crippen LogP contribution in [-0.2, 0) is 4.79 Å². The van der Waals surface area contributed by atoms with Gasteiger partial charge in [-0.1, -0.05) is 0 Å². The fourth-order valence-corrected chi connectivity index (χ4v) is 0.156. The van der Waals surface area contributed by atoms with E-state index in [0.717, 1.165) is 0 Å². The highest BCUT2D eigenvalue weighted by Gasteiger charge is 1.94. The van der Waals surface area contributed by atoms with Gasteiger partial charge in [0.1, 0.15) is 0 Å². The van der Waals surface area contributed by atoms with Crippen LogP contribution in [0.4, 0.5) is 0 Å². The smallest absolute Gasteiger partial charge is 0.227 e. The third-order valence-corrected chi connectivity index (χ3v) is 0.851. The molecule has 0 aliphatic rings. The number of rotatable bonds is 1. The van der Waals surface area contributed by atoms with Gasteiger partial charge in [0.05, 0.1) is 6.92 Å². The molecule has 0 heterocycles. The van der Waals surface area contributed by atoms with Crippen LogP contribution in [0.3, 0.4) is 0 Å². The van der Waals surface area contributed by atoms with E-state index in [0.29, 0.717) is 6.54 Å². The predicted molar refractivity (Wildman–Crippen MR) is 27.6 cm³/mol. The molecule has 2 radical (unpaired) electrons. The molecule has 1 amide bonds. The molecule has 0 aliphatic heterocycles. The van der Waals surface area contributed by atoms with Crippen molar-refractivity contribution in [1.29, 1.82) is 0 Å². The Morgan fingerprint density at radius 3 is 2.29 bits per heavy atom. The molecule has 0 fully saturated rings. The van der Waals surface area contributed by atoms with E-state index in [1.54, 1.807) is 7.05 Å². The van der Waals surface area contributed by atoms with E-state index < -0.39 is 0 Å². The molecule has 0 rings (SSSR count). The molecule has 40 valence electrons. The molecule has 0 saturated heterocycles. The molecule has 0 N–H and O–H groups in total. The van der Waals surface area contributed by atoms with Crippen molar-refractivity contribution in [3.8, 4) is 0 Å². The number of hydrogen-bond donors (Lipinski definition) is 0. The Morgan fingerprint density at radius 1 is 1.86 bits per heavy atom. The summed E-state index contributed by atoms with van der Waals surface area (Å²) in [5.74, 6) is -0.373. The summed E-state index contributed by atoms with van der Waals surface area (Å²) in [6, 6.07) is 0. The summed E-state index contributed by atoms with van der Waals surface area (Å²) in [7, 11) is 1.66. The van der Waals surface area contributed by atoms with E-state index in [2.05, 4.69) is 0 Å². The zero-order valence-corrected chi connectivity index (χ0v) is 4.64. The van der Waals surface area contributed by atoms with Crippen molar-refractivity contribution < 1.29 is 4.79 Å². The van der Waals surface area contributed by atoms with E-state index >= 15 is 0 Å². The minimum absolute atomic E-state index is 0.373. The first kappa shape index (κ1) is 6.47. The lowest BCUT2D eigenvalue weighted by Gasteiger charge is -2.08. The van der Waals surface area contributed by atoms with Crippen LogP contribution in [0, 0.1) is 6.92 Å². The summed E-state index contributed by atoms with van der Waals surface area (Å²) in [6.45, 7) is 7.38. The fraction of sp³-hybridized carbons (Fsp3) is 0.600. The van der Waals surface area contributed by atoms with Gasteiger partial charge in [0, 0.05) is 13.6 Å². The largest absolute Gasteiger partial charge is 0.346 e.